The Morgan fingerprint density at radius 1 is 1.06 bits per heavy atom. The molecule has 2 rings (SSSR count). The summed E-state index contributed by atoms with van der Waals surface area (Å²) in [6.45, 7) is 3.78. The topological polar surface area (TPSA) is 64.3 Å². The monoisotopic (exact) mass is 307 g/mol. The third kappa shape index (κ3) is 3.58. The van der Waals surface area contributed by atoms with Crippen LogP contribution in [0.1, 0.15) is 11.3 Å². The molecule has 84 valence electrons. The molecule has 0 unspecified atom stereocenters. The SMILES string of the molecule is [CH2-]c1ccc(N=Nc2ccc(C#N)[nH]2)cc1.[Mo]. The zero-order valence-electron chi connectivity index (χ0n) is 8.92. The normalized spacial score (nSPS) is 9.82. The minimum absolute atomic E-state index is 0. The summed E-state index contributed by atoms with van der Waals surface area (Å²) >= 11 is 0. The summed E-state index contributed by atoms with van der Waals surface area (Å²) in [6.07, 6.45) is 0. The minimum Gasteiger partial charge on any atom is -0.330 e. The fourth-order valence-electron chi connectivity index (χ4n) is 1.18. The Morgan fingerprint density at radius 2 is 1.76 bits per heavy atom. The van der Waals surface area contributed by atoms with E-state index >= 15 is 0 Å². The molecule has 0 atom stereocenters. The Labute approximate surface area is 114 Å². The van der Waals surface area contributed by atoms with Crippen LogP contribution in [-0.2, 0) is 21.1 Å². The van der Waals surface area contributed by atoms with E-state index in [0.29, 0.717) is 11.5 Å². The van der Waals surface area contributed by atoms with Gasteiger partial charge in [0.1, 0.15) is 11.8 Å². The van der Waals surface area contributed by atoms with Gasteiger partial charge in [0.25, 0.3) is 0 Å². The summed E-state index contributed by atoms with van der Waals surface area (Å²) in [5.41, 5.74) is 2.16. The molecule has 1 heterocycles. The molecule has 0 amide bonds. The average Bonchev–Trinajstić information content (AvgIpc) is 2.76. The summed E-state index contributed by atoms with van der Waals surface area (Å²) in [6, 6.07) is 12.8. The van der Waals surface area contributed by atoms with Gasteiger partial charge in [0.15, 0.2) is 5.82 Å². The molecule has 0 saturated heterocycles. The number of hydrogen-bond donors (Lipinski definition) is 1. The number of rotatable bonds is 2. The molecule has 1 aromatic carbocycles. The maximum Gasteiger partial charge on any atom is 0.153 e. The second kappa shape index (κ2) is 6.03. The first-order valence-corrected chi connectivity index (χ1v) is 4.71. The Morgan fingerprint density at radius 3 is 2.35 bits per heavy atom. The first kappa shape index (κ1) is 13.2. The number of aromatic nitrogens is 1. The van der Waals surface area contributed by atoms with Crippen LogP contribution in [0, 0.1) is 18.3 Å². The van der Waals surface area contributed by atoms with Crippen LogP contribution in [0.25, 0.3) is 0 Å². The fourth-order valence-corrected chi connectivity index (χ4v) is 1.18. The molecule has 0 bridgehead atoms. The third-order valence-corrected chi connectivity index (χ3v) is 2.00. The van der Waals surface area contributed by atoms with Crippen LogP contribution in [-0.4, -0.2) is 4.98 Å². The van der Waals surface area contributed by atoms with Gasteiger partial charge in [0, 0.05) is 21.1 Å². The molecule has 4 nitrogen and oxygen atoms in total. The summed E-state index contributed by atoms with van der Waals surface area (Å²) in [5.74, 6) is 0.565. The van der Waals surface area contributed by atoms with E-state index in [1.165, 1.54) is 0 Å². The molecule has 1 N–H and O–H groups in total. The van der Waals surface area contributed by atoms with E-state index in [9.17, 15) is 0 Å². The number of H-pyrrole nitrogens is 1. The maximum absolute atomic E-state index is 8.61. The second-order valence-corrected chi connectivity index (χ2v) is 3.24. The van der Waals surface area contributed by atoms with E-state index in [2.05, 4.69) is 22.1 Å². The standard InChI is InChI=1S/C12H9N4.Mo/c1-9-2-4-10(5-3-9)15-16-12-7-6-11(8-13)14-12;/h2-7,14H,1H2;/q-1;. The van der Waals surface area contributed by atoms with E-state index in [0.717, 1.165) is 11.3 Å². The first-order chi connectivity index (χ1) is 7.78. The molecule has 0 aliphatic heterocycles. The maximum atomic E-state index is 8.61. The number of nitriles is 1. The van der Waals surface area contributed by atoms with Crippen LogP contribution in [0.3, 0.4) is 0 Å². The smallest absolute Gasteiger partial charge is 0.153 e. The van der Waals surface area contributed by atoms with Gasteiger partial charge in [0.05, 0.1) is 5.69 Å². The van der Waals surface area contributed by atoms with E-state index in [1.807, 2.05) is 30.3 Å². The molecule has 0 spiro atoms. The largest absolute Gasteiger partial charge is 0.330 e. The molecule has 5 heteroatoms. The van der Waals surface area contributed by atoms with Gasteiger partial charge in [-0.25, -0.2) is 0 Å². The van der Waals surface area contributed by atoms with Crippen LogP contribution in [0.2, 0.25) is 0 Å². The minimum atomic E-state index is 0. The molecule has 0 aliphatic rings. The quantitative estimate of drug-likeness (QED) is 0.515. The molecule has 1 aromatic heterocycles. The van der Waals surface area contributed by atoms with E-state index in [-0.39, 0.29) is 21.1 Å². The van der Waals surface area contributed by atoms with Crippen molar-refractivity contribution in [2.24, 2.45) is 10.2 Å². The molecular weight excluding hydrogens is 296 g/mol. The van der Waals surface area contributed by atoms with Gasteiger partial charge in [-0.2, -0.15) is 35.0 Å². The third-order valence-electron chi connectivity index (χ3n) is 2.00. The number of benzene rings is 1. The van der Waals surface area contributed by atoms with Crippen LogP contribution in [0.15, 0.2) is 46.6 Å². The van der Waals surface area contributed by atoms with Gasteiger partial charge in [-0.3, -0.25) is 0 Å². The molecule has 0 radical (unpaired) electrons. The van der Waals surface area contributed by atoms with E-state index in [4.69, 9.17) is 5.26 Å². The average molecular weight is 305 g/mol. The Balaban J connectivity index is 0.00000144. The molecule has 0 saturated carbocycles. The molecule has 2 aromatic rings. The molecular formula is C12H9MoN4-. The number of hydrogen-bond acceptors (Lipinski definition) is 3. The van der Waals surface area contributed by atoms with E-state index < -0.39 is 0 Å². The zero-order chi connectivity index (χ0) is 11.4. The summed E-state index contributed by atoms with van der Waals surface area (Å²) in [5, 5.41) is 16.6. The van der Waals surface area contributed by atoms with Gasteiger partial charge < -0.3 is 4.98 Å². The Kier molecular flexibility index (Phi) is 4.68. The van der Waals surface area contributed by atoms with Crippen molar-refractivity contribution in [3.8, 4) is 6.07 Å². The predicted molar refractivity (Wildman–Crippen MR) is 60.6 cm³/mol. The van der Waals surface area contributed by atoms with Crippen molar-refractivity contribution in [1.82, 2.24) is 4.98 Å². The van der Waals surface area contributed by atoms with Crippen molar-refractivity contribution >= 4 is 11.5 Å². The van der Waals surface area contributed by atoms with Gasteiger partial charge in [-0.15, -0.1) is 5.11 Å². The van der Waals surface area contributed by atoms with Gasteiger partial charge in [-0.1, -0.05) is 12.1 Å². The Hall–Kier alpha value is -1.85. The van der Waals surface area contributed by atoms with Gasteiger partial charge >= 0.3 is 0 Å². The van der Waals surface area contributed by atoms with Crippen molar-refractivity contribution < 1.29 is 21.1 Å². The van der Waals surface area contributed by atoms with Gasteiger partial charge in [0.2, 0.25) is 0 Å². The molecule has 0 fully saturated rings. The fraction of sp³-hybridized carbons (Fsp3) is 0. The van der Waals surface area contributed by atoms with Crippen LogP contribution < -0.4 is 0 Å². The molecule has 17 heavy (non-hydrogen) atoms. The Bertz CT molecular complexity index is 549. The van der Waals surface area contributed by atoms with Crippen molar-refractivity contribution in [2.75, 3.05) is 0 Å². The number of nitrogens with zero attached hydrogens (tertiary/aromatic N) is 3. The summed E-state index contributed by atoms with van der Waals surface area (Å²) < 4.78 is 0. The first-order valence-electron chi connectivity index (χ1n) is 4.71. The summed E-state index contributed by atoms with van der Waals surface area (Å²) in [7, 11) is 0. The van der Waals surface area contributed by atoms with Crippen molar-refractivity contribution in [1.29, 1.82) is 5.26 Å². The van der Waals surface area contributed by atoms with Crippen molar-refractivity contribution in [3.05, 3.63) is 54.6 Å². The van der Waals surface area contributed by atoms with Crippen LogP contribution >= 0.6 is 0 Å². The van der Waals surface area contributed by atoms with Gasteiger partial charge in [-0.05, 0) is 12.1 Å². The zero-order valence-corrected chi connectivity index (χ0v) is 10.9. The van der Waals surface area contributed by atoms with Crippen LogP contribution in [0.5, 0.6) is 0 Å². The number of azo groups is 1. The van der Waals surface area contributed by atoms with Crippen molar-refractivity contribution in [2.45, 2.75) is 0 Å². The predicted octanol–water partition coefficient (Wildman–Crippen LogP) is 3.48. The number of aromatic amines is 1. The van der Waals surface area contributed by atoms with E-state index in [1.54, 1.807) is 12.1 Å². The van der Waals surface area contributed by atoms with Crippen molar-refractivity contribution in [3.63, 3.8) is 0 Å². The second-order valence-electron chi connectivity index (χ2n) is 3.24. The number of nitrogens with one attached hydrogen (secondary N) is 1. The molecule has 0 aliphatic carbocycles. The summed E-state index contributed by atoms with van der Waals surface area (Å²) in [4.78, 5) is 2.81. The van der Waals surface area contributed by atoms with Crippen LogP contribution in [0.4, 0.5) is 11.5 Å².